The Kier molecular flexibility index (Phi) is 2.43. The Bertz CT molecular complexity index is 355. The molecule has 0 saturated heterocycles. The number of aryl methyl sites for hydroxylation is 1. The van der Waals surface area contributed by atoms with E-state index in [1.165, 1.54) is 49.4 Å². The standard InChI is InChI=1S/C12H18N2S/c1-2-8-3-6-10-11(7-8)15-12(14-10)13-9-4-5-9/h8-9H,2-7H2,1H3,(H,13,14). The number of thiazole rings is 1. The molecule has 0 aliphatic heterocycles. The number of anilines is 1. The topological polar surface area (TPSA) is 24.9 Å². The molecule has 1 saturated carbocycles. The predicted molar refractivity (Wildman–Crippen MR) is 64.6 cm³/mol. The van der Waals surface area contributed by atoms with Crippen molar-refractivity contribution in [2.75, 3.05) is 5.32 Å². The third-order valence-corrected chi connectivity index (χ3v) is 4.58. The third-order valence-electron chi connectivity index (χ3n) is 3.52. The molecule has 1 N–H and O–H groups in total. The third kappa shape index (κ3) is 2.03. The fourth-order valence-electron chi connectivity index (χ4n) is 2.26. The fourth-order valence-corrected chi connectivity index (χ4v) is 3.46. The van der Waals surface area contributed by atoms with Crippen LogP contribution in [0.3, 0.4) is 0 Å². The molecule has 1 unspecified atom stereocenters. The zero-order chi connectivity index (χ0) is 10.3. The van der Waals surface area contributed by atoms with Gasteiger partial charge in [0.1, 0.15) is 0 Å². The fraction of sp³-hybridized carbons (Fsp3) is 0.750. The number of nitrogens with one attached hydrogen (secondary N) is 1. The van der Waals surface area contributed by atoms with Gasteiger partial charge in [-0.3, -0.25) is 0 Å². The molecule has 0 aromatic carbocycles. The lowest BCUT2D eigenvalue weighted by Crippen LogP contribution is -2.11. The summed E-state index contributed by atoms with van der Waals surface area (Å²) in [4.78, 5) is 6.26. The van der Waals surface area contributed by atoms with Crippen LogP contribution in [0.2, 0.25) is 0 Å². The molecule has 15 heavy (non-hydrogen) atoms. The lowest BCUT2D eigenvalue weighted by atomic mass is 9.89. The number of hydrogen-bond acceptors (Lipinski definition) is 3. The van der Waals surface area contributed by atoms with Gasteiger partial charge in [-0.1, -0.05) is 13.3 Å². The van der Waals surface area contributed by atoms with Crippen LogP contribution in [0.4, 0.5) is 5.13 Å². The van der Waals surface area contributed by atoms with Gasteiger partial charge in [0.25, 0.3) is 0 Å². The monoisotopic (exact) mass is 222 g/mol. The maximum atomic E-state index is 4.71. The second kappa shape index (κ2) is 3.78. The highest BCUT2D eigenvalue weighted by atomic mass is 32.1. The maximum Gasteiger partial charge on any atom is 0.183 e. The minimum atomic E-state index is 0.736. The van der Waals surface area contributed by atoms with E-state index in [1.54, 1.807) is 4.88 Å². The molecule has 2 aliphatic carbocycles. The predicted octanol–water partition coefficient (Wildman–Crippen LogP) is 3.23. The van der Waals surface area contributed by atoms with Crippen LogP contribution in [0.1, 0.15) is 43.2 Å². The molecule has 1 aromatic heterocycles. The van der Waals surface area contributed by atoms with E-state index in [1.807, 2.05) is 11.3 Å². The van der Waals surface area contributed by atoms with E-state index >= 15 is 0 Å². The summed E-state index contributed by atoms with van der Waals surface area (Å²) in [7, 11) is 0. The first-order valence-electron chi connectivity index (χ1n) is 6.10. The first kappa shape index (κ1) is 9.64. The number of fused-ring (bicyclic) bond motifs is 1. The van der Waals surface area contributed by atoms with E-state index in [-0.39, 0.29) is 0 Å². The van der Waals surface area contributed by atoms with Crippen molar-refractivity contribution >= 4 is 16.5 Å². The minimum Gasteiger partial charge on any atom is -0.359 e. The molecule has 0 radical (unpaired) electrons. The lowest BCUT2D eigenvalue weighted by molar-refractivity contribution is 0.446. The van der Waals surface area contributed by atoms with E-state index in [9.17, 15) is 0 Å². The largest absolute Gasteiger partial charge is 0.359 e. The van der Waals surface area contributed by atoms with E-state index in [0.717, 1.165) is 12.0 Å². The van der Waals surface area contributed by atoms with Gasteiger partial charge in [0.05, 0.1) is 5.69 Å². The Morgan fingerprint density at radius 1 is 1.40 bits per heavy atom. The molecular weight excluding hydrogens is 204 g/mol. The van der Waals surface area contributed by atoms with Crippen LogP contribution in [0.5, 0.6) is 0 Å². The van der Waals surface area contributed by atoms with Gasteiger partial charge in [0.15, 0.2) is 5.13 Å². The average molecular weight is 222 g/mol. The molecule has 0 bridgehead atoms. The van der Waals surface area contributed by atoms with Crippen molar-refractivity contribution < 1.29 is 0 Å². The van der Waals surface area contributed by atoms with Crippen LogP contribution in [-0.4, -0.2) is 11.0 Å². The Morgan fingerprint density at radius 3 is 3.00 bits per heavy atom. The van der Waals surface area contributed by atoms with Crippen LogP contribution in [0.25, 0.3) is 0 Å². The van der Waals surface area contributed by atoms with Crippen LogP contribution >= 0.6 is 11.3 Å². The quantitative estimate of drug-likeness (QED) is 0.849. The second-order valence-corrected chi connectivity index (χ2v) is 5.91. The first-order chi connectivity index (χ1) is 7.35. The molecule has 3 heteroatoms. The summed E-state index contributed by atoms with van der Waals surface area (Å²) in [5, 5.41) is 4.69. The van der Waals surface area contributed by atoms with Crippen LogP contribution < -0.4 is 5.32 Å². The van der Waals surface area contributed by atoms with Crippen molar-refractivity contribution in [2.45, 2.75) is 51.5 Å². The lowest BCUT2D eigenvalue weighted by Gasteiger charge is -2.18. The smallest absolute Gasteiger partial charge is 0.183 e. The van der Waals surface area contributed by atoms with E-state index in [4.69, 9.17) is 4.98 Å². The van der Waals surface area contributed by atoms with Crippen molar-refractivity contribution in [3.63, 3.8) is 0 Å². The molecule has 1 fully saturated rings. The average Bonchev–Trinajstić information content (AvgIpc) is 2.96. The van der Waals surface area contributed by atoms with Gasteiger partial charge in [-0.25, -0.2) is 4.98 Å². The first-order valence-corrected chi connectivity index (χ1v) is 6.92. The Hall–Kier alpha value is -0.570. The highest BCUT2D eigenvalue weighted by molar-refractivity contribution is 7.15. The van der Waals surface area contributed by atoms with Gasteiger partial charge < -0.3 is 5.32 Å². The second-order valence-electron chi connectivity index (χ2n) is 4.82. The summed E-state index contributed by atoms with van der Waals surface area (Å²) in [6.45, 7) is 2.31. The molecule has 0 amide bonds. The molecule has 1 atom stereocenters. The van der Waals surface area contributed by atoms with Gasteiger partial charge in [-0.05, 0) is 38.0 Å². The normalized spacial score (nSPS) is 25.0. The Labute approximate surface area is 95.1 Å². The zero-order valence-electron chi connectivity index (χ0n) is 9.25. The molecule has 1 aromatic rings. The van der Waals surface area contributed by atoms with E-state index in [2.05, 4.69) is 12.2 Å². The van der Waals surface area contributed by atoms with Gasteiger partial charge in [0, 0.05) is 10.9 Å². The van der Waals surface area contributed by atoms with Crippen molar-refractivity contribution in [1.29, 1.82) is 0 Å². The maximum absolute atomic E-state index is 4.71. The summed E-state index contributed by atoms with van der Waals surface area (Å²) in [5.74, 6) is 0.909. The van der Waals surface area contributed by atoms with E-state index in [0.29, 0.717) is 0 Å². The number of rotatable bonds is 3. The summed E-state index contributed by atoms with van der Waals surface area (Å²) in [6.07, 6.45) is 7.81. The summed E-state index contributed by atoms with van der Waals surface area (Å²) >= 11 is 1.90. The summed E-state index contributed by atoms with van der Waals surface area (Å²) in [6, 6.07) is 0.736. The van der Waals surface area contributed by atoms with Crippen molar-refractivity contribution in [2.24, 2.45) is 5.92 Å². The van der Waals surface area contributed by atoms with Crippen molar-refractivity contribution in [3.05, 3.63) is 10.6 Å². The van der Waals surface area contributed by atoms with Crippen molar-refractivity contribution in [1.82, 2.24) is 4.98 Å². The summed E-state index contributed by atoms with van der Waals surface area (Å²) in [5.41, 5.74) is 1.38. The SMILES string of the molecule is CCC1CCc2nc(NC3CC3)sc2C1. The number of nitrogens with zero attached hydrogens (tertiary/aromatic N) is 1. The molecule has 0 spiro atoms. The molecule has 1 heterocycles. The van der Waals surface area contributed by atoms with Gasteiger partial charge in [0.2, 0.25) is 0 Å². The Morgan fingerprint density at radius 2 is 2.27 bits per heavy atom. The van der Waals surface area contributed by atoms with E-state index < -0.39 is 0 Å². The molecule has 3 rings (SSSR count). The van der Waals surface area contributed by atoms with Gasteiger partial charge >= 0.3 is 0 Å². The Balaban J connectivity index is 1.75. The molecule has 82 valence electrons. The number of aromatic nitrogens is 1. The van der Waals surface area contributed by atoms with Gasteiger partial charge in [-0.2, -0.15) is 0 Å². The van der Waals surface area contributed by atoms with Crippen molar-refractivity contribution in [3.8, 4) is 0 Å². The van der Waals surface area contributed by atoms with Crippen LogP contribution in [0.15, 0.2) is 0 Å². The highest BCUT2D eigenvalue weighted by Gasteiger charge is 2.25. The minimum absolute atomic E-state index is 0.736. The zero-order valence-corrected chi connectivity index (χ0v) is 10.1. The number of hydrogen-bond donors (Lipinski definition) is 1. The molecule has 2 nitrogen and oxygen atoms in total. The molecular formula is C12H18N2S. The highest BCUT2D eigenvalue weighted by Crippen LogP contribution is 2.35. The molecule has 2 aliphatic rings. The van der Waals surface area contributed by atoms with Gasteiger partial charge in [-0.15, -0.1) is 11.3 Å². The summed E-state index contributed by atoms with van der Waals surface area (Å²) < 4.78 is 0. The van der Waals surface area contributed by atoms with Crippen LogP contribution in [-0.2, 0) is 12.8 Å². The van der Waals surface area contributed by atoms with Crippen LogP contribution in [0, 0.1) is 5.92 Å².